The van der Waals surface area contributed by atoms with Gasteiger partial charge in [0.1, 0.15) is 6.04 Å². The van der Waals surface area contributed by atoms with Gasteiger partial charge in [0.05, 0.1) is 7.11 Å². The molecule has 4 nitrogen and oxygen atoms in total. The van der Waals surface area contributed by atoms with Crippen molar-refractivity contribution in [1.29, 1.82) is 0 Å². The van der Waals surface area contributed by atoms with Crippen LogP contribution in [0.5, 0.6) is 0 Å². The van der Waals surface area contributed by atoms with Crippen LogP contribution in [0, 0.1) is 6.92 Å². The van der Waals surface area contributed by atoms with Crippen LogP contribution in [0.15, 0.2) is 18.2 Å². The van der Waals surface area contributed by atoms with Crippen LogP contribution in [-0.2, 0) is 9.53 Å². The minimum Gasteiger partial charge on any atom is -0.467 e. The molecular weight excluding hydrogens is 228 g/mol. The largest absolute Gasteiger partial charge is 0.467 e. The molecule has 1 fully saturated rings. The Morgan fingerprint density at radius 1 is 1.44 bits per heavy atom. The fourth-order valence-electron chi connectivity index (χ4n) is 2.34. The molecule has 18 heavy (non-hydrogen) atoms. The molecule has 0 aliphatic carbocycles. The molecule has 1 saturated heterocycles. The van der Waals surface area contributed by atoms with E-state index in [0.29, 0.717) is 0 Å². The van der Waals surface area contributed by atoms with E-state index >= 15 is 0 Å². The number of carbonyl (C=O) groups excluding carboxylic acids is 1. The van der Waals surface area contributed by atoms with Crippen molar-refractivity contribution in [2.45, 2.75) is 19.4 Å². The molecule has 0 amide bonds. The number of rotatable bonds is 3. The van der Waals surface area contributed by atoms with Crippen LogP contribution in [0.3, 0.4) is 0 Å². The summed E-state index contributed by atoms with van der Waals surface area (Å²) in [5.74, 6) is -0.145. The van der Waals surface area contributed by atoms with Crippen LogP contribution >= 0.6 is 0 Å². The zero-order valence-electron chi connectivity index (χ0n) is 11.4. The molecule has 1 aromatic rings. The van der Waals surface area contributed by atoms with Crippen molar-refractivity contribution < 1.29 is 9.53 Å². The molecule has 0 spiro atoms. The molecule has 1 atom stereocenters. The molecule has 0 aromatic heterocycles. The Morgan fingerprint density at radius 3 is 2.67 bits per heavy atom. The molecule has 2 rings (SSSR count). The van der Waals surface area contributed by atoms with Gasteiger partial charge in [-0.05, 0) is 31.0 Å². The van der Waals surface area contributed by atoms with Crippen molar-refractivity contribution in [2.75, 3.05) is 37.5 Å². The van der Waals surface area contributed by atoms with Gasteiger partial charge >= 0.3 is 5.97 Å². The third kappa shape index (κ3) is 2.15. The Labute approximate surface area is 108 Å². The number of hydrogen-bond donors (Lipinski definition) is 0. The minimum absolute atomic E-state index is 0.118. The number of methoxy groups -OCH3 is 1. The highest BCUT2D eigenvalue weighted by Crippen LogP contribution is 2.31. The predicted molar refractivity (Wildman–Crippen MR) is 73.3 cm³/mol. The summed E-state index contributed by atoms with van der Waals surface area (Å²) in [5.41, 5.74) is 3.51. The maximum Gasteiger partial charge on any atom is 0.328 e. The fourth-order valence-corrected chi connectivity index (χ4v) is 2.34. The van der Waals surface area contributed by atoms with Gasteiger partial charge in [0.25, 0.3) is 0 Å². The number of nitrogens with zero attached hydrogens (tertiary/aromatic N) is 2. The Balaban J connectivity index is 2.24. The summed E-state index contributed by atoms with van der Waals surface area (Å²) in [6.45, 7) is 3.00. The number of hydrogen-bond acceptors (Lipinski definition) is 4. The molecular formula is C14H20N2O2. The lowest BCUT2D eigenvalue weighted by Crippen LogP contribution is -2.53. The average molecular weight is 248 g/mol. The summed E-state index contributed by atoms with van der Waals surface area (Å²) in [6, 6.07) is 6.17. The monoisotopic (exact) mass is 248 g/mol. The van der Waals surface area contributed by atoms with Gasteiger partial charge in [0.15, 0.2) is 0 Å². The quantitative estimate of drug-likeness (QED) is 0.764. The second kappa shape index (κ2) is 4.88. The molecule has 4 heteroatoms. The van der Waals surface area contributed by atoms with E-state index in [9.17, 15) is 4.79 Å². The van der Waals surface area contributed by atoms with Gasteiger partial charge in [-0.15, -0.1) is 0 Å². The van der Waals surface area contributed by atoms with Gasteiger partial charge in [0, 0.05) is 32.0 Å². The van der Waals surface area contributed by atoms with Gasteiger partial charge < -0.3 is 14.5 Å². The van der Waals surface area contributed by atoms with Crippen molar-refractivity contribution in [3.05, 3.63) is 23.8 Å². The first-order valence-corrected chi connectivity index (χ1v) is 6.17. The summed E-state index contributed by atoms with van der Waals surface area (Å²) < 4.78 is 4.82. The lowest BCUT2D eigenvalue weighted by atomic mass is 10.0. The van der Waals surface area contributed by atoms with Gasteiger partial charge in [-0.1, -0.05) is 6.07 Å². The van der Waals surface area contributed by atoms with Crippen molar-refractivity contribution in [1.82, 2.24) is 0 Å². The average Bonchev–Trinajstić information content (AvgIpc) is 2.29. The number of aryl methyl sites for hydroxylation is 1. The Bertz CT molecular complexity index is 457. The Morgan fingerprint density at radius 2 is 2.17 bits per heavy atom. The van der Waals surface area contributed by atoms with E-state index in [1.807, 2.05) is 14.1 Å². The molecule has 1 aliphatic heterocycles. The molecule has 0 radical (unpaired) electrons. The topological polar surface area (TPSA) is 32.8 Å². The predicted octanol–water partition coefficient (Wildman–Crippen LogP) is 1.81. The third-order valence-electron chi connectivity index (χ3n) is 3.50. The van der Waals surface area contributed by atoms with Crippen LogP contribution < -0.4 is 9.80 Å². The van der Waals surface area contributed by atoms with Gasteiger partial charge in [-0.2, -0.15) is 0 Å². The standard InChI is InChI=1S/C14H20N2O2/c1-10-5-6-11(9-13(10)15(2)3)16-8-7-12(16)14(17)18-4/h5-6,9,12H,7-8H2,1-4H3. The van der Waals surface area contributed by atoms with E-state index in [2.05, 4.69) is 34.9 Å². The van der Waals surface area contributed by atoms with Crippen LogP contribution in [0.1, 0.15) is 12.0 Å². The summed E-state index contributed by atoms with van der Waals surface area (Å²) in [4.78, 5) is 15.8. The Hall–Kier alpha value is -1.71. The molecule has 1 heterocycles. The highest BCUT2D eigenvalue weighted by molar-refractivity contribution is 5.82. The van der Waals surface area contributed by atoms with Crippen LogP contribution in [0.25, 0.3) is 0 Å². The summed E-state index contributed by atoms with van der Waals surface area (Å²) in [6.07, 6.45) is 0.873. The zero-order valence-corrected chi connectivity index (χ0v) is 11.4. The first-order valence-electron chi connectivity index (χ1n) is 6.17. The van der Waals surface area contributed by atoms with Crippen LogP contribution in [0.2, 0.25) is 0 Å². The number of anilines is 2. The maximum absolute atomic E-state index is 11.6. The fraction of sp³-hybridized carbons (Fsp3) is 0.500. The van der Waals surface area contributed by atoms with E-state index < -0.39 is 0 Å². The van der Waals surface area contributed by atoms with E-state index in [1.165, 1.54) is 18.4 Å². The lowest BCUT2D eigenvalue weighted by Gasteiger charge is -2.41. The van der Waals surface area contributed by atoms with Crippen molar-refractivity contribution in [3.63, 3.8) is 0 Å². The van der Waals surface area contributed by atoms with Crippen LogP contribution in [-0.4, -0.2) is 39.8 Å². The number of carbonyl (C=O) groups is 1. The summed E-state index contributed by atoms with van der Waals surface area (Å²) >= 11 is 0. The maximum atomic E-state index is 11.6. The third-order valence-corrected chi connectivity index (χ3v) is 3.50. The first-order chi connectivity index (χ1) is 8.54. The van der Waals surface area contributed by atoms with Gasteiger partial charge in [-0.3, -0.25) is 0 Å². The summed E-state index contributed by atoms with van der Waals surface area (Å²) in [5, 5.41) is 0. The van der Waals surface area contributed by atoms with E-state index in [0.717, 1.165) is 18.7 Å². The zero-order chi connectivity index (χ0) is 13.3. The highest BCUT2D eigenvalue weighted by Gasteiger charge is 2.35. The van der Waals surface area contributed by atoms with Crippen LogP contribution in [0.4, 0.5) is 11.4 Å². The molecule has 0 saturated carbocycles. The van der Waals surface area contributed by atoms with Crippen molar-refractivity contribution >= 4 is 17.3 Å². The van der Waals surface area contributed by atoms with Gasteiger partial charge in [-0.25, -0.2) is 4.79 Å². The molecule has 0 bridgehead atoms. The van der Waals surface area contributed by atoms with E-state index in [-0.39, 0.29) is 12.0 Å². The SMILES string of the molecule is COC(=O)C1CCN1c1ccc(C)c(N(C)C)c1. The first kappa shape index (κ1) is 12.7. The van der Waals surface area contributed by atoms with E-state index in [1.54, 1.807) is 0 Å². The normalized spacial score (nSPS) is 18.2. The smallest absolute Gasteiger partial charge is 0.328 e. The molecule has 1 unspecified atom stereocenters. The second-order valence-electron chi connectivity index (χ2n) is 4.89. The molecule has 98 valence electrons. The number of benzene rings is 1. The highest BCUT2D eigenvalue weighted by atomic mass is 16.5. The summed E-state index contributed by atoms with van der Waals surface area (Å²) in [7, 11) is 5.50. The second-order valence-corrected chi connectivity index (χ2v) is 4.89. The number of ether oxygens (including phenoxy) is 1. The van der Waals surface area contributed by atoms with E-state index in [4.69, 9.17) is 4.74 Å². The number of esters is 1. The molecule has 1 aliphatic rings. The van der Waals surface area contributed by atoms with Gasteiger partial charge in [0.2, 0.25) is 0 Å². The van der Waals surface area contributed by atoms with Crippen molar-refractivity contribution in [3.8, 4) is 0 Å². The molecule has 0 N–H and O–H groups in total. The van der Waals surface area contributed by atoms with Crippen molar-refractivity contribution in [2.24, 2.45) is 0 Å². The minimum atomic E-state index is -0.145. The Kier molecular flexibility index (Phi) is 3.45. The lowest BCUT2D eigenvalue weighted by molar-refractivity contribution is -0.143. The molecule has 1 aromatic carbocycles.